The normalized spacial score (nSPS) is 15.5. The second kappa shape index (κ2) is 7.74. The van der Waals surface area contributed by atoms with Crippen molar-refractivity contribution in [2.45, 2.75) is 12.5 Å². The Kier molecular flexibility index (Phi) is 5.71. The first-order valence-electron chi connectivity index (χ1n) is 7.14. The van der Waals surface area contributed by atoms with E-state index in [0.29, 0.717) is 26.1 Å². The van der Waals surface area contributed by atoms with Gasteiger partial charge in [-0.15, -0.1) is 0 Å². The molecule has 0 unspecified atom stereocenters. The molecule has 0 aliphatic carbocycles. The first kappa shape index (κ1) is 16.2. The second-order valence-electron chi connectivity index (χ2n) is 5.15. The zero-order chi connectivity index (χ0) is 15.9. The molecule has 0 bridgehead atoms. The van der Waals surface area contributed by atoms with Gasteiger partial charge in [0.15, 0.2) is 0 Å². The monoisotopic (exact) mass is 309 g/mol. The molecule has 2 N–H and O–H groups in total. The van der Waals surface area contributed by atoms with Gasteiger partial charge in [-0.05, 0) is 24.1 Å². The number of halogens is 1. The lowest BCUT2D eigenvalue weighted by molar-refractivity contribution is -0.124. The molecule has 1 aromatic carbocycles. The predicted molar refractivity (Wildman–Crippen MR) is 78.9 cm³/mol. The SMILES string of the molecule is COCC(=O)NC[C@H](Cc1cccc(F)c1)N1CCNC1=O. The molecular weight excluding hydrogens is 289 g/mol. The lowest BCUT2D eigenvalue weighted by Gasteiger charge is -2.27. The van der Waals surface area contributed by atoms with Gasteiger partial charge in [-0.3, -0.25) is 4.79 Å². The molecule has 1 aliphatic heterocycles. The number of rotatable bonds is 7. The van der Waals surface area contributed by atoms with Gasteiger partial charge in [-0.25, -0.2) is 9.18 Å². The third kappa shape index (κ3) is 4.42. The summed E-state index contributed by atoms with van der Waals surface area (Å²) in [5.74, 6) is -0.558. The highest BCUT2D eigenvalue weighted by molar-refractivity contribution is 5.78. The van der Waals surface area contributed by atoms with Crippen molar-refractivity contribution in [3.63, 3.8) is 0 Å². The van der Waals surface area contributed by atoms with Crippen molar-refractivity contribution in [3.05, 3.63) is 35.6 Å². The van der Waals surface area contributed by atoms with E-state index in [-0.39, 0.29) is 30.4 Å². The number of nitrogens with one attached hydrogen (secondary N) is 2. The maximum atomic E-state index is 13.3. The molecule has 1 atom stereocenters. The standard InChI is InChI=1S/C15H20FN3O3/c1-22-10-14(20)18-9-13(19-6-5-17-15(19)21)8-11-3-2-4-12(16)7-11/h2-4,7,13H,5-6,8-10H2,1H3,(H,17,21)(H,18,20)/t13-/m0/s1. The van der Waals surface area contributed by atoms with Crippen LogP contribution in [-0.2, 0) is 16.0 Å². The molecule has 1 aromatic rings. The fourth-order valence-electron chi connectivity index (χ4n) is 2.48. The number of carbonyl (C=O) groups excluding carboxylic acids is 2. The Morgan fingerprint density at radius 1 is 1.55 bits per heavy atom. The number of ether oxygens (including phenoxy) is 1. The van der Waals surface area contributed by atoms with Gasteiger partial charge in [-0.2, -0.15) is 0 Å². The Hall–Kier alpha value is -2.15. The van der Waals surface area contributed by atoms with Crippen molar-refractivity contribution in [2.75, 3.05) is 33.4 Å². The molecule has 7 heteroatoms. The Morgan fingerprint density at radius 3 is 3.00 bits per heavy atom. The van der Waals surface area contributed by atoms with Gasteiger partial charge in [0.25, 0.3) is 0 Å². The first-order valence-corrected chi connectivity index (χ1v) is 7.14. The third-order valence-electron chi connectivity index (χ3n) is 3.50. The highest BCUT2D eigenvalue weighted by Crippen LogP contribution is 2.12. The molecule has 0 radical (unpaired) electrons. The van der Waals surface area contributed by atoms with E-state index in [1.807, 2.05) is 0 Å². The predicted octanol–water partition coefficient (Wildman–Crippen LogP) is 0.525. The van der Waals surface area contributed by atoms with E-state index in [1.165, 1.54) is 19.2 Å². The van der Waals surface area contributed by atoms with E-state index >= 15 is 0 Å². The van der Waals surface area contributed by atoms with Crippen LogP contribution in [0.15, 0.2) is 24.3 Å². The van der Waals surface area contributed by atoms with E-state index in [1.54, 1.807) is 17.0 Å². The molecular formula is C15H20FN3O3. The molecule has 1 fully saturated rings. The fraction of sp³-hybridized carbons (Fsp3) is 0.467. The Labute approximate surface area is 128 Å². The number of benzene rings is 1. The van der Waals surface area contributed by atoms with Gasteiger partial charge in [0.1, 0.15) is 12.4 Å². The zero-order valence-corrected chi connectivity index (χ0v) is 12.5. The molecule has 3 amide bonds. The van der Waals surface area contributed by atoms with E-state index in [4.69, 9.17) is 4.74 Å². The minimum atomic E-state index is -0.314. The minimum Gasteiger partial charge on any atom is -0.375 e. The van der Waals surface area contributed by atoms with Crippen LogP contribution in [0.2, 0.25) is 0 Å². The number of urea groups is 1. The van der Waals surface area contributed by atoms with Gasteiger partial charge < -0.3 is 20.3 Å². The Balaban J connectivity index is 2.04. The van der Waals surface area contributed by atoms with Crippen molar-refractivity contribution in [2.24, 2.45) is 0 Å². The number of hydrogen-bond acceptors (Lipinski definition) is 3. The van der Waals surface area contributed by atoms with E-state index in [9.17, 15) is 14.0 Å². The summed E-state index contributed by atoms with van der Waals surface area (Å²) in [6, 6.07) is 5.86. The second-order valence-corrected chi connectivity index (χ2v) is 5.15. The third-order valence-corrected chi connectivity index (χ3v) is 3.50. The Bertz CT molecular complexity index is 539. The van der Waals surface area contributed by atoms with Crippen LogP contribution in [0.1, 0.15) is 5.56 Å². The number of nitrogens with zero attached hydrogens (tertiary/aromatic N) is 1. The van der Waals surface area contributed by atoms with Gasteiger partial charge in [0, 0.05) is 26.7 Å². The molecule has 120 valence electrons. The van der Waals surface area contributed by atoms with Gasteiger partial charge in [0.2, 0.25) is 5.91 Å². The number of methoxy groups -OCH3 is 1. The summed E-state index contributed by atoms with van der Waals surface area (Å²) in [4.78, 5) is 25.0. The van der Waals surface area contributed by atoms with Crippen LogP contribution in [0.25, 0.3) is 0 Å². The molecule has 2 rings (SSSR count). The number of carbonyl (C=O) groups is 2. The van der Waals surface area contributed by atoms with Crippen LogP contribution in [-0.4, -0.2) is 56.2 Å². The summed E-state index contributed by atoms with van der Waals surface area (Å²) in [5.41, 5.74) is 0.783. The minimum absolute atomic E-state index is 0.0289. The largest absolute Gasteiger partial charge is 0.375 e. The van der Waals surface area contributed by atoms with Crippen molar-refractivity contribution < 1.29 is 18.7 Å². The van der Waals surface area contributed by atoms with Crippen molar-refractivity contribution in [3.8, 4) is 0 Å². The van der Waals surface area contributed by atoms with E-state index < -0.39 is 0 Å². The van der Waals surface area contributed by atoms with Crippen LogP contribution in [0.3, 0.4) is 0 Å². The van der Waals surface area contributed by atoms with Crippen molar-refractivity contribution >= 4 is 11.9 Å². The van der Waals surface area contributed by atoms with Crippen LogP contribution in [0.4, 0.5) is 9.18 Å². The maximum absolute atomic E-state index is 13.3. The molecule has 0 spiro atoms. The van der Waals surface area contributed by atoms with Crippen LogP contribution in [0.5, 0.6) is 0 Å². The van der Waals surface area contributed by atoms with Gasteiger partial charge in [0.05, 0.1) is 6.04 Å². The summed E-state index contributed by atoms with van der Waals surface area (Å²) >= 11 is 0. The lowest BCUT2D eigenvalue weighted by atomic mass is 10.0. The summed E-state index contributed by atoms with van der Waals surface area (Å²) < 4.78 is 18.1. The topological polar surface area (TPSA) is 70.7 Å². The molecule has 0 saturated carbocycles. The zero-order valence-electron chi connectivity index (χ0n) is 12.5. The maximum Gasteiger partial charge on any atom is 0.317 e. The average molecular weight is 309 g/mol. The molecule has 22 heavy (non-hydrogen) atoms. The van der Waals surface area contributed by atoms with Crippen molar-refractivity contribution in [1.82, 2.24) is 15.5 Å². The molecule has 1 aliphatic rings. The summed E-state index contributed by atoms with van der Waals surface area (Å²) in [7, 11) is 1.44. The van der Waals surface area contributed by atoms with Gasteiger partial charge in [-0.1, -0.05) is 12.1 Å². The summed E-state index contributed by atoms with van der Waals surface area (Å²) in [6.45, 7) is 1.41. The summed E-state index contributed by atoms with van der Waals surface area (Å²) in [5, 5.41) is 5.47. The molecule has 0 aromatic heterocycles. The number of amides is 3. The van der Waals surface area contributed by atoms with Crippen molar-refractivity contribution in [1.29, 1.82) is 0 Å². The molecule has 6 nitrogen and oxygen atoms in total. The average Bonchev–Trinajstić information content (AvgIpc) is 2.90. The van der Waals surface area contributed by atoms with E-state index in [2.05, 4.69) is 10.6 Å². The van der Waals surface area contributed by atoms with Crippen LogP contribution in [0, 0.1) is 5.82 Å². The summed E-state index contributed by atoms with van der Waals surface area (Å²) in [6.07, 6.45) is 0.471. The first-order chi connectivity index (χ1) is 10.6. The highest BCUT2D eigenvalue weighted by atomic mass is 19.1. The van der Waals surface area contributed by atoms with Crippen LogP contribution < -0.4 is 10.6 Å². The highest BCUT2D eigenvalue weighted by Gasteiger charge is 2.28. The van der Waals surface area contributed by atoms with Crippen LogP contribution >= 0.6 is 0 Å². The lowest BCUT2D eigenvalue weighted by Crippen LogP contribution is -2.47. The molecule has 1 heterocycles. The van der Waals surface area contributed by atoms with E-state index in [0.717, 1.165) is 5.56 Å². The number of hydrogen-bond donors (Lipinski definition) is 2. The smallest absolute Gasteiger partial charge is 0.317 e. The van der Waals surface area contributed by atoms with Gasteiger partial charge >= 0.3 is 6.03 Å². The Morgan fingerprint density at radius 2 is 2.36 bits per heavy atom. The molecule has 1 saturated heterocycles. The fourth-order valence-corrected chi connectivity index (χ4v) is 2.48. The quantitative estimate of drug-likeness (QED) is 0.771.